The van der Waals surface area contributed by atoms with Gasteiger partial charge in [-0.15, -0.1) is 0 Å². The lowest BCUT2D eigenvalue weighted by Crippen LogP contribution is -2.08. The summed E-state index contributed by atoms with van der Waals surface area (Å²) < 4.78 is 0. The molecule has 1 heterocycles. The first-order valence-electron chi connectivity index (χ1n) is 4.55. The molecule has 14 heavy (non-hydrogen) atoms. The summed E-state index contributed by atoms with van der Waals surface area (Å²) in [6.07, 6.45) is 1.97. The van der Waals surface area contributed by atoms with E-state index >= 15 is 0 Å². The topological polar surface area (TPSA) is 33.1 Å². The van der Waals surface area contributed by atoms with Crippen molar-refractivity contribution in [3.63, 3.8) is 0 Å². The Balaban J connectivity index is 2.54. The molecule has 4 nitrogen and oxygen atoms in total. The smallest absolute Gasteiger partial charge is 0.0964 e. The molecule has 0 aliphatic heterocycles. The van der Waals surface area contributed by atoms with Crippen LogP contribution in [0.5, 0.6) is 0 Å². The maximum absolute atomic E-state index is 4.35. The molecule has 0 saturated heterocycles. The largest absolute Gasteiger partial charge is 0.378 e. The zero-order valence-electron chi connectivity index (χ0n) is 8.65. The summed E-state index contributed by atoms with van der Waals surface area (Å²) in [6, 6.07) is 6.23. The quantitative estimate of drug-likeness (QED) is 0.774. The van der Waals surface area contributed by atoms with E-state index < -0.39 is 0 Å². The van der Waals surface area contributed by atoms with E-state index in [1.54, 1.807) is 4.79 Å². The van der Waals surface area contributed by atoms with Crippen LogP contribution >= 0.6 is 0 Å². The van der Waals surface area contributed by atoms with Crippen LogP contribution in [0.3, 0.4) is 0 Å². The lowest BCUT2D eigenvalue weighted by atomic mass is 10.2. The Morgan fingerprint density at radius 1 is 1.36 bits per heavy atom. The highest BCUT2D eigenvalue weighted by atomic mass is 15.5. The molecule has 0 radical (unpaired) electrons. The molecule has 1 N–H and O–H groups in total. The molecule has 0 bridgehead atoms. The van der Waals surface area contributed by atoms with Crippen LogP contribution < -0.4 is 10.3 Å². The molecular formula is C10H14N4. The SMILES string of the molecule is CNn1cc2ccc(N(C)C)cc2n1. The van der Waals surface area contributed by atoms with Crippen molar-refractivity contribution in [2.45, 2.75) is 0 Å². The minimum atomic E-state index is 1.01. The van der Waals surface area contributed by atoms with Crippen molar-refractivity contribution in [1.82, 2.24) is 9.89 Å². The number of hydrogen-bond donors (Lipinski definition) is 1. The second kappa shape index (κ2) is 3.21. The number of aromatic nitrogens is 2. The summed E-state index contributed by atoms with van der Waals surface area (Å²) >= 11 is 0. The lowest BCUT2D eigenvalue weighted by molar-refractivity contribution is 0.794. The summed E-state index contributed by atoms with van der Waals surface area (Å²) in [4.78, 5) is 3.78. The second-order valence-electron chi connectivity index (χ2n) is 3.43. The van der Waals surface area contributed by atoms with Gasteiger partial charge in [0, 0.05) is 32.2 Å². The highest BCUT2D eigenvalue weighted by Crippen LogP contribution is 2.18. The molecule has 1 aromatic carbocycles. The molecule has 0 spiro atoms. The van der Waals surface area contributed by atoms with E-state index in [-0.39, 0.29) is 0 Å². The highest BCUT2D eigenvalue weighted by molar-refractivity contribution is 5.81. The average Bonchev–Trinajstić information content (AvgIpc) is 2.58. The predicted octanol–water partition coefficient (Wildman–Crippen LogP) is 1.28. The maximum atomic E-state index is 4.35. The van der Waals surface area contributed by atoms with Crippen LogP contribution in [-0.4, -0.2) is 31.0 Å². The molecule has 0 aliphatic carbocycles. The first kappa shape index (κ1) is 8.87. The third-order valence-electron chi connectivity index (χ3n) is 2.24. The van der Waals surface area contributed by atoms with Crippen molar-refractivity contribution in [2.75, 3.05) is 31.5 Å². The van der Waals surface area contributed by atoms with Crippen LogP contribution in [-0.2, 0) is 0 Å². The van der Waals surface area contributed by atoms with Crippen LogP contribution in [0.15, 0.2) is 24.4 Å². The molecule has 1 aromatic heterocycles. The van der Waals surface area contributed by atoms with Gasteiger partial charge in [0.05, 0.1) is 11.7 Å². The van der Waals surface area contributed by atoms with Gasteiger partial charge in [-0.25, -0.2) is 0 Å². The average molecular weight is 190 g/mol. The predicted molar refractivity (Wildman–Crippen MR) is 59.3 cm³/mol. The summed E-state index contributed by atoms with van der Waals surface area (Å²) in [7, 11) is 5.89. The van der Waals surface area contributed by atoms with E-state index in [0.29, 0.717) is 0 Å². The first-order chi connectivity index (χ1) is 6.70. The standard InChI is InChI=1S/C10H14N4/c1-11-14-7-8-4-5-9(13(2)3)6-10(8)12-14/h4-7,11H,1-3H3. The Morgan fingerprint density at radius 2 is 2.14 bits per heavy atom. The van der Waals surface area contributed by atoms with Gasteiger partial charge in [-0.3, -0.25) is 0 Å². The van der Waals surface area contributed by atoms with E-state index in [1.165, 1.54) is 5.69 Å². The third-order valence-corrected chi connectivity index (χ3v) is 2.24. The number of benzene rings is 1. The van der Waals surface area contributed by atoms with Crippen LogP contribution in [0.4, 0.5) is 5.69 Å². The monoisotopic (exact) mass is 190 g/mol. The fourth-order valence-corrected chi connectivity index (χ4v) is 1.40. The van der Waals surface area contributed by atoms with E-state index in [2.05, 4.69) is 33.6 Å². The molecule has 0 saturated carbocycles. The normalized spacial score (nSPS) is 10.5. The van der Waals surface area contributed by atoms with Crippen LogP contribution in [0, 0.1) is 0 Å². The number of anilines is 1. The van der Waals surface area contributed by atoms with Gasteiger partial charge in [0.2, 0.25) is 0 Å². The Labute approximate surface area is 83.1 Å². The molecule has 0 amide bonds. The molecule has 74 valence electrons. The van der Waals surface area contributed by atoms with Gasteiger partial charge in [-0.1, -0.05) is 0 Å². The molecule has 0 fully saturated rings. The second-order valence-corrected chi connectivity index (χ2v) is 3.43. The Morgan fingerprint density at radius 3 is 2.79 bits per heavy atom. The van der Waals surface area contributed by atoms with Gasteiger partial charge < -0.3 is 10.3 Å². The lowest BCUT2D eigenvalue weighted by Gasteiger charge is -2.11. The zero-order valence-corrected chi connectivity index (χ0v) is 8.65. The summed E-state index contributed by atoms with van der Waals surface area (Å²) in [5.74, 6) is 0. The minimum Gasteiger partial charge on any atom is -0.378 e. The summed E-state index contributed by atoms with van der Waals surface area (Å²) in [5, 5.41) is 5.50. The first-order valence-corrected chi connectivity index (χ1v) is 4.55. The number of fused-ring (bicyclic) bond motifs is 1. The molecule has 4 heteroatoms. The van der Waals surface area contributed by atoms with Crippen LogP contribution in [0.2, 0.25) is 0 Å². The number of rotatable bonds is 2. The van der Waals surface area contributed by atoms with Crippen molar-refractivity contribution in [1.29, 1.82) is 0 Å². The molecular weight excluding hydrogens is 176 g/mol. The zero-order chi connectivity index (χ0) is 10.1. The van der Waals surface area contributed by atoms with Gasteiger partial charge in [-0.2, -0.15) is 9.89 Å². The molecule has 2 aromatic rings. The Hall–Kier alpha value is -1.71. The molecule has 0 atom stereocenters. The van der Waals surface area contributed by atoms with E-state index in [0.717, 1.165) is 10.9 Å². The minimum absolute atomic E-state index is 1.01. The van der Waals surface area contributed by atoms with E-state index in [9.17, 15) is 0 Å². The van der Waals surface area contributed by atoms with Gasteiger partial charge in [0.25, 0.3) is 0 Å². The van der Waals surface area contributed by atoms with Gasteiger partial charge in [0.15, 0.2) is 0 Å². The van der Waals surface area contributed by atoms with Gasteiger partial charge in [0.1, 0.15) is 0 Å². The van der Waals surface area contributed by atoms with Crippen LogP contribution in [0.1, 0.15) is 0 Å². The highest BCUT2D eigenvalue weighted by Gasteiger charge is 2.01. The van der Waals surface area contributed by atoms with Gasteiger partial charge >= 0.3 is 0 Å². The summed E-state index contributed by atoms with van der Waals surface area (Å²) in [5.41, 5.74) is 5.13. The van der Waals surface area contributed by atoms with Crippen LogP contribution in [0.25, 0.3) is 10.9 Å². The van der Waals surface area contributed by atoms with Crippen molar-refractivity contribution < 1.29 is 0 Å². The number of hydrogen-bond acceptors (Lipinski definition) is 3. The molecule has 2 rings (SSSR count). The fraction of sp³-hybridized carbons (Fsp3) is 0.300. The number of nitrogens with zero attached hydrogens (tertiary/aromatic N) is 3. The van der Waals surface area contributed by atoms with Gasteiger partial charge in [-0.05, 0) is 18.2 Å². The van der Waals surface area contributed by atoms with Crippen molar-refractivity contribution in [3.05, 3.63) is 24.4 Å². The van der Waals surface area contributed by atoms with Crippen molar-refractivity contribution in [2.24, 2.45) is 0 Å². The van der Waals surface area contributed by atoms with E-state index in [4.69, 9.17) is 0 Å². The van der Waals surface area contributed by atoms with E-state index in [1.807, 2.05) is 27.3 Å². The maximum Gasteiger partial charge on any atom is 0.0964 e. The molecule has 0 aliphatic rings. The molecule has 0 unspecified atom stereocenters. The fourth-order valence-electron chi connectivity index (χ4n) is 1.40. The Kier molecular flexibility index (Phi) is 2.04. The van der Waals surface area contributed by atoms with Crippen molar-refractivity contribution in [3.8, 4) is 0 Å². The number of nitrogens with one attached hydrogen (secondary N) is 1. The summed E-state index contributed by atoms with van der Waals surface area (Å²) in [6.45, 7) is 0. The Bertz CT molecular complexity index is 444. The van der Waals surface area contributed by atoms with Crippen molar-refractivity contribution >= 4 is 16.6 Å². The third kappa shape index (κ3) is 1.39.